The fourth-order valence-corrected chi connectivity index (χ4v) is 5.79. The third-order valence-electron chi connectivity index (χ3n) is 7.90. The van der Waals surface area contributed by atoms with Gasteiger partial charge in [-0.25, -0.2) is 9.78 Å². The Hall–Kier alpha value is -2.89. The Morgan fingerprint density at radius 1 is 1.22 bits per heavy atom. The second-order valence-corrected chi connectivity index (χ2v) is 10.5. The fourth-order valence-electron chi connectivity index (χ4n) is 5.79. The normalized spacial score (nSPS) is 27.5. The summed E-state index contributed by atoms with van der Waals surface area (Å²) in [6.07, 6.45) is 6.47. The zero-order valence-electron chi connectivity index (χ0n) is 20.4. The van der Waals surface area contributed by atoms with Crippen molar-refractivity contribution in [3.05, 3.63) is 35.7 Å². The number of carbonyl (C=O) groups excluding carboxylic acids is 1. The van der Waals surface area contributed by atoms with Crippen LogP contribution in [0.2, 0.25) is 0 Å². The number of aryl methyl sites for hydroxylation is 2. The number of likely N-dealkylation sites (tertiary alicyclic amines) is 1. The minimum atomic E-state index is -5.08. The summed E-state index contributed by atoms with van der Waals surface area (Å²) in [6, 6.07) is 0. The number of nitrogens with zero attached hydrogens (tertiary/aromatic N) is 6. The summed E-state index contributed by atoms with van der Waals surface area (Å²) in [5, 5.41) is 11.4. The van der Waals surface area contributed by atoms with E-state index in [9.17, 15) is 18.0 Å². The van der Waals surface area contributed by atoms with E-state index in [4.69, 9.17) is 14.9 Å². The highest BCUT2D eigenvalue weighted by Crippen LogP contribution is 2.51. The fraction of sp³-hybridized carbons (Fsp3) is 0.667. The minimum Gasteiger partial charge on any atom is -0.475 e. The maximum atomic E-state index is 13.7. The third-order valence-corrected chi connectivity index (χ3v) is 7.90. The number of imidazole rings is 1. The van der Waals surface area contributed by atoms with Crippen molar-refractivity contribution in [1.82, 2.24) is 29.1 Å². The number of aromatic nitrogens is 4. The molecule has 6 rings (SSSR count). The van der Waals surface area contributed by atoms with Crippen molar-refractivity contribution >= 4 is 11.9 Å². The van der Waals surface area contributed by atoms with Crippen LogP contribution in [0.4, 0.5) is 13.2 Å². The first-order valence-corrected chi connectivity index (χ1v) is 12.3. The van der Waals surface area contributed by atoms with E-state index in [0.29, 0.717) is 11.8 Å². The van der Waals surface area contributed by atoms with Crippen LogP contribution in [-0.2, 0) is 35.6 Å². The number of fused-ring (bicyclic) bond motifs is 2. The molecule has 1 spiro atoms. The van der Waals surface area contributed by atoms with Gasteiger partial charge in [-0.2, -0.15) is 18.3 Å². The molecule has 2 aliphatic carbocycles. The second-order valence-electron chi connectivity index (χ2n) is 10.5. The molecule has 4 heterocycles. The highest BCUT2D eigenvalue weighted by atomic mass is 19.4. The average Bonchev–Trinajstić information content (AvgIpc) is 3.67. The summed E-state index contributed by atoms with van der Waals surface area (Å²) in [4.78, 5) is 32.3. The van der Waals surface area contributed by atoms with E-state index in [2.05, 4.69) is 32.7 Å². The topological polar surface area (TPSA) is 96.5 Å². The Morgan fingerprint density at radius 2 is 1.94 bits per heavy atom. The molecule has 1 saturated heterocycles. The average molecular weight is 509 g/mol. The lowest BCUT2D eigenvalue weighted by atomic mass is 9.85. The number of alkyl halides is 3. The monoisotopic (exact) mass is 508 g/mol. The molecule has 4 aliphatic rings. The molecular formula is C24H31F3N6O3. The minimum absolute atomic E-state index is 0.110. The number of carboxylic acids is 1. The Bertz CT molecular complexity index is 1160. The van der Waals surface area contributed by atoms with E-state index in [1.165, 1.54) is 30.6 Å². The van der Waals surface area contributed by atoms with E-state index >= 15 is 0 Å². The quantitative estimate of drug-likeness (QED) is 0.681. The molecule has 3 atom stereocenters. The van der Waals surface area contributed by atoms with Crippen molar-refractivity contribution < 1.29 is 27.9 Å². The zero-order chi connectivity index (χ0) is 25.8. The van der Waals surface area contributed by atoms with Crippen LogP contribution >= 0.6 is 0 Å². The van der Waals surface area contributed by atoms with Crippen LogP contribution in [0.3, 0.4) is 0 Å². The molecule has 1 unspecified atom stereocenters. The van der Waals surface area contributed by atoms with Gasteiger partial charge in [0.05, 0.1) is 18.2 Å². The van der Waals surface area contributed by atoms with Crippen LogP contribution < -0.4 is 0 Å². The lowest BCUT2D eigenvalue weighted by Gasteiger charge is -2.44. The first-order chi connectivity index (χ1) is 17.0. The Balaban J connectivity index is 0.000000338. The van der Waals surface area contributed by atoms with E-state index in [1.807, 2.05) is 24.3 Å². The summed E-state index contributed by atoms with van der Waals surface area (Å²) >= 11 is 0. The lowest BCUT2D eigenvalue weighted by Crippen LogP contribution is -2.56. The van der Waals surface area contributed by atoms with Crippen molar-refractivity contribution in [2.75, 3.05) is 26.2 Å². The van der Waals surface area contributed by atoms with Crippen LogP contribution in [0, 0.1) is 11.8 Å². The molecule has 2 aromatic rings. The molecule has 2 saturated carbocycles. The first-order valence-electron chi connectivity index (χ1n) is 12.3. The molecule has 0 radical (unpaired) electrons. The molecule has 0 aromatic carbocycles. The van der Waals surface area contributed by atoms with Crippen LogP contribution in [0.25, 0.3) is 0 Å². The van der Waals surface area contributed by atoms with Crippen molar-refractivity contribution in [1.29, 1.82) is 0 Å². The van der Waals surface area contributed by atoms with E-state index in [0.717, 1.165) is 50.5 Å². The molecule has 2 aromatic heterocycles. The van der Waals surface area contributed by atoms with Crippen molar-refractivity contribution in [3.8, 4) is 0 Å². The highest BCUT2D eigenvalue weighted by Gasteiger charge is 2.56. The van der Waals surface area contributed by atoms with Crippen molar-refractivity contribution in [2.45, 2.75) is 49.7 Å². The van der Waals surface area contributed by atoms with Gasteiger partial charge in [-0.3, -0.25) is 9.48 Å². The number of carbonyl (C=O) groups is 2. The number of hydrogen-bond acceptors (Lipinski definition) is 5. The van der Waals surface area contributed by atoms with Crippen molar-refractivity contribution in [3.63, 3.8) is 0 Å². The molecule has 1 amide bonds. The van der Waals surface area contributed by atoms with Gasteiger partial charge in [-0.05, 0) is 43.1 Å². The van der Waals surface area contributed by atoms with Gasteiger partial charge >= 0.3 is 12.1 Å². The molecule has 2 aliphatic heterocycles. The zero-order valence-corrected chi connectivity index (χ0v) is 20.4. The van der Waals surface area contributed by atoms with E-state index in [1.54, 1.807) is 0 Å². The van der Waals surface area contributed by atoms with Gasteiger partial charge in [0, 0.05) is 64.5 Å². The predicted octanol–water partition coefficient (Wildman–Crippen LogP) is 2.29. The summed E-state index contributed by atoms with van der Waals surface area (Å²) in [5.74, 6) is -1.10. The van der Waals surface area contributed by atoms with Gasteiger partial charge in [-0.1, -0.05) is 0 Å². The van der Waals surface area contributed by atoms with Gasteiger partial charge in [0.2, 0.25) is 5.91 Å². The lowest BCUT2D eigenvalue weighted by molar-refractivity contribution is -0.192. The van der Waals surface area contributed by atoms with E-state index in [-0.39, 0.29) is 11.5 Å². The SMILES string of the molecule is Cn1cc([C@@H]2C[C@H]2C(=O)N2CCc3c(ncn3C)C23CCN(CC2CC2)C3)cn1.O=C(O)C(F)(F)F. The number of hydrogen-bond donors (Lipinski definition) is 1. The standard InChI is InChI=1S/C22H30N6O.C2HF3O2/c1-25-14-23-20-19(25)5-7-28(22(20)6-8-27(13-22)11-15-3-4-15)21(29)18-9-17(18)16-10-24-26(2)12-16;3-2(4,5)1(6)7/h10,12,14-15,17-18H,3-9,11,13H2,1-2H3;(H,6,7)/t17-,18+,22?;/m0./s1. The Kier molecular flexibility index (Phi) is 6.12. The summed E-state index contributed by atoms with van der Waals surface area (Å²) < 4.78 is 35.7. The summed E-state index contributed by atoms with van der Waals surface area (Å²) in [7, 11) is 4.03. The molecule has 0 bridgehead atoms. The van der Waals surface area contributed by atoms with Gasteiger partial charge in [0.1, 0.15) is 5.54 Å². The molecular weight excluding hydrogens is 477 g/mol. The molecule has 196 valence electrons. The molecule has 9 nitrogen and oxygen atoms in total. The summed E-state index contributed by atoms with van der Waals surface area (Å²) in [6.45, 7) is 4.03. The Morgan fingerprint density at radius 3 is 2.56 bits per heavy atom. The van der Waals surface area contributed by atoms with Crippen LogP contribution in [0.5, 0.6) is 0 Å². The molecule has 3 fully saturated rings. The largest absolute Gasteiger partial charge is 0.490 e. The molecule has 36 heavy (non-hydrogen) atoms. The smallest absolute Gasteiger partial charge is 0.475 e. The van der Waals surface area contributed by atoms with Gasteiger partial charge in [-0.15, -0.1) is 0 Å². The Labute approximate surface area is 206 Å². The predicted molar refractivity (Wildman–Crippen MR) is 122 cm³/mol. The van der Waals surface area contributed by atoms with E-state index < -0.39 is 12.1 Å². The van der Waals surface area contributed by atoms with Crippen molar-refractivity contribution in [2.24, 2.45) is 25.9 Å². The maximum Gasteiger partial charge on any atom is 0.490 e. The maximum absolute atomic E-state index is 13.7. The number of halogens is 3. The molecule has 12 heteroatoms. The van der Waals surface area contributed by atoms with Gasteiger partial charge in [0.15, 0.2) is 0 Å². The molecule has 1 N–H and O–H groups in total. The third kappa shape index (κ3) is 4.62. The number of amides is 1. The van der Waals surface area contributed by atoms with Gasteiger partial charge < -0.3 is 19.5 Å². The number of carboxylic acid groups (broad SMARTS) is 1. The number of aliphatic carboxylic acids is 1. The van der Waals surface area contributed by atoms with Crippen LogP contribution in [0.15, 0.2) is 18.7 Å². The first kappa shape index (κ1) is 24.8. The van der Waals surface area contributed by atoms with Crippen LogP contribution in [0.1, 0.15) is 48.6 Å². The second kappa shape index (κ2) is 8.89. The van der Waals surface area contributed by atoms with Crippen LogP contribution in [-0.4, -0.2) is 78.5 Å². The van der Waals surface area contributed by atoms with Gasteiger partial charge in [0.25, 0.3) is 0 Å². The highest BCUT2D eigenvalue weighted by molar-refractivity contribution is 5.84. The number of rotatable bonds is 4. The summed E-state index contributed by atoms with van der Waals surface area (Å²) in [5.41, 5.74) is 3.46.